The summed E-state index contributed by atoms with van der Waals surface area (Å²) < 4.78 is 5.55. The average Bonchev–Trinajstić information content (AvgIpc) is 2.95. The lowest BCUT2D eigenvalue weighted by Gasteiger charge is -2.23. The lowest BCUT2D eigenvalue weighted by atomic mass is 10.1. The van der Waals surface area contributed by atoms with Gasteiger partial charge in [-0.05, 0) is 26.9 Å². The monoisotopic (exact) mass is 256 g/mol. The molecule has 104 valence electrons. The summed E-state index contributed by atoms with van der Waals surface area (Å²) >= 11 is 0. The minimum Gasteiger partial charge on any atom is -0.389 e. The minimum atomic E-state index is -0.524. The van der Waals surface area contributed by atoms with Gasteiger partial charge in [-0.2, -0.15) is 0 Å². The van der Waals surface area contributed by atoms with Crippen LogP contribution in [0.5, 0.6) is 0 Å². The Bertz CT molecular complexity index is 290. The molecule has 1 heterocycles. The fourth-order valence-corrected chi connectivity index (χ4v) is 2.83. The zero-order valence-electron chi connectivity index (χ0n) is 11.3. The Labute approximate surface area is 108 Å². The number of carbonyl (C=O) groups is 1. The van der Waals surface area contributed by atoms with E-state index in [9.17, 15) is 9.90 Å². The van der Waals surface area contributed by atoms with E-state index in [-0.39, 0.29) is 24.0 Å². The van der Waals surface area contributed by atoms with Crippen LogP contribution in [-0.4, -0.2) is 61.4 Å². The highest BCUT2D eigenvalue weighted by Crippen LogP contribution is 2.25. The quantitative estimate of drug-likeness (QED) is 0.742. The molecule has 1 aliphatic carbocycles. The normalized spacial score (nSPS) is 33.2. The minimum absolute atomic E-state index is 0.0263. The largest absolute Gasteiger partial charge is 0.389 e. The van der Waals surface area contributed by atoms with Gasteiger partial charge in [0.1, 0.15) is 6.10 Å². The molecule has 1 aliphatic heterocycles. The summed E-state index contributed by atoms with van der Waals surface area (Å²) in [7, 11) is 3.85. The zero-order chi connectivity index (χ0) is 13.1. The number of likely N-dealkylation sites (N-methyl/N-ethyl adjacent to an activating group) is 1. The zero-order valence-corrected chi connectivity index (χ0v) is 11.3. The van der Waals surface area contributed by atoms with Gasteiger partial charge in [0.2, 0.25) is 5.91 Å². The van der Waals surface area contributed by atoms with Crippen molar-refractivity contribution in [1.29, 1.82) is 0 Å². The maximum atomic E-state index is 11.9. The molecule has 1 amide bonds. The van der Waals surface area contributed by atoms with Crippen LogP contribution in [0.15, 0.2) is 0 Å². The van der Waals surface area contributed by atoms with Crippen LogP contribution in [-0.2, 0) is 9.53 Å². The Morgan fingerprint density at radius 3 is 2.61 bits per heavy atom. The van der Waals surface area contributed by atoms with Gasteiger partial charge in [0.25, 0.3) is 0 Å². The number of hydrogen-bond donors (Lipinski definition) is 2. The second-order valence-corrected chi connectivity index (χ2v) is 5.62. The molecule has 1 saturated carbocycles. The molecule has 2 fully saturated rings. The van der Waals surface area contributed by atoms with E-state index in [0.717, 1.165) is 25.7 Å². The Balaban J connectivity index is 1.75. The third kappa shape index (κ3) is 3.02. The second-order valence-electron chi connectivity index (χ2n) is 5.62. The Morgan fingerprint density at radius 2 is 2.06 bits per heavy atom. The van der Waals surface area contributed by atoms with Gasteiger partial charge in [-0.3, -0.25) is 4.79 Å². The van der Waals surface area contributed by atoms with Gasteiger partial charge in [0.15, 0.2) is 0 Å². The third-order valence-electron chi connectivity index (χ3n) is 4.12. The van der Waals surface area contributed by atoms with Crippen LogP contribution in [0.3, 0.4) is 0 Å². The fraction of sp³-hybridized carbons (Fsp3) is 0.923. The number of aliphatic hydroxyl groups excluding tert-OH is 1. The summed E-state index contributed by atoms with van der Waals surface area (Å²) in [4.78, 5) is 13.8. The maximum absolute atomic E-state index is 11.9. The lowest BCUT2D eigenvalue weighted by Crippen LogP contribution is -2.45. The summed E-state index contributed by atoms with van der Waals surface area (Å²) in [6.07, 6.45) is 3.51. The molecule has 0 aromatic rings. The Kier molecular flexibility index (Phi) is 4.59. The molecule has 2 N–H and O–H groups in total. The van der Waals surface area contributed by atoms with Crippen molar-refractivity contribution in [2.75, 3.05) is 27.2 Å². The van der Waals surface area contributed by atoms with E-state index in [1.54, 1.807) is 0 Å². The van der Waals surface area contributed by atoms with E-state index in [2.05, 4.69) is 5.32 Å². The first-order valence-electron chi connectivity index (χ1n) is 6.83. The predicted octanol–water partition coefficient (Wildman–Crippen LogP) is -0.0173. The molecule has 0 unspecified atom stereocenters. The van der Waals surface area contributed by atoms with Gasteiger partial charge in [-0.15, -0.1) is 0 Å². The van der Waals surface area contributed by atoms with Crippen molar-refractivity contribution in [3.05, 3.63) is 0 Å². The molecule has 1 saturated heterocycles. The summed E-state index contributed by atoms with van der Waals surface area (Å²) in [5.41, 5.74) is 0. The van der Waals surface area contributed by atoms with Crippen LogP contribution < -0.4 is 5.32 Å². The van der Waals surface area contributed by atoms with E-state index >= 15 is 0 Å². The van der Waals surface area contributed by atoms with Crippen molar-refractivity contribution in [2.45, 2.75) is 43.9 Å². The number of nitrogens with one attached hydrogen (secondary N) is 1. The molecule has 0 radical (unpaired) electrons. The number of amides is 1. The average molecular weight is 256 g/mol. The van der Waals surface area contributed by atoms with E-state index in [4.69, 9.17) is 4.74 Å². The molecule has 5 nitrogen and oxygen atoms in total. The molecule has 0 bridgehead atoms. The first-order chi connectivity index (χ1) is 8.59. The maximum Gasteiger partial charge on any atom is 0.223 e. The number of hydrogen-bond acceptors (Lipinski definition) is 4. The Hall–Kier alpha value is -0.650. The van der Waals surface area contributed by atoms with Gasteiger partial charge in [-0.1, -0.05) is 12.8 Å². The fourth-order valence-electron chi connectivity index (χ4n) is 2.83. The lowest BCUT2D eigenvalue weighted by molar-refractivity contribution is -0.125. The van der Waals surface area contributed by atoms with Gasteiger partial charge in [-0.25, -0.2) is 0 Å². The number of carbonyl (C=O) groups excluding carboxylic acids is 1. The first-order valence-corrected chi connectivity index (χ1v) is 6.83. The molecule has 2 rings (SSSR count). The van der Waals surface area contributed by atoms with Crippen LogP contribution >= 0.6 is 0 Å². The molecule has 2 aliphatic rings. The molecule has 18 heavy (non-hydrogen) atoms. The molecular formula is C13H24N2O3. The van der Waals surface area contributed by atoms with Crippen LogP contribution in [0.2, 0.25) is 0 Å². The van der Waals surface area contributed by atoms with Crippen molar-refractivity contribution in [2.24, 2.45) is 5.92 Å². The molecular weight excluding hydrogens is 232 g/mol. The summed E-state index contributed by atoms with van der Waals surface area (Å²) in [5, 5.41) is 13.0. The van der Waals surface area contributed by atoms with E-state index in [1.807, 2.05) is 19.0 Å². The van der Waals surface area contributed by atoms with Gasteiger partial charge in [0, 0.05) is 12.5 Å². The van der Waals surface area contributed by atoms with Crippen molar-refractivity contribution >= 4 is 5.91 Å². The predicted molar refractivity (Wildman–Crippen MR) is 68.2 cm³/mol. The molecule has 0 aromatic carbocycles. The molecule has 5 heteroatoms. The highest BCUT2D eigenvalue weighted by Gasteiger charge is 2.37. The Morgan fingerprint density at radius 1 is 1.39 bits per heavy atom. The molecule has 0 aromatic heterocycles. The van der Waals surface area contributed by atoms with E-state index in [1.165, 1.54) is 0 Å². The molecule has 0 spiro atoms. The van der Waals surface area contributed by atoms with Crippen molar-refractivity contribution in [3.8, 4) is 0 Å². The van der Waals surface area contributed by atoms with Crippen molar-refractivity contribution in [1.82, 2.24) is 10.2 Å². The van der Waals surface area contributed by atoms with Crippen molar-refractivity contribution in [3.63, 3.8) is 0 Å². The molecule has 3 atom stereocenters. The second kappa shape index (κ2) is 5.99. The van der Waals surface area contributed by atoms with Gasteiger partial charge < -0.3 is 20.1 Å². The standard InChI is InChI=1S/C13H24N2O3/c1-15(2)10-8-18-11(12(10)16)7-14-13(17)9-5-3-4-6-9/h9-12,16H,3-8H2,1-2H3,(H,14,17)/t10-,11-,12+/m1/s1. The van der Waals surface area contributed by atoms with Gasteiger partial charge >= 0.3 is 0 Å². The number of nitrogens with zero attached hydrogens (tertiary/aromatic N) is 1. The van der Waals surface area contributed by atoms with E-state index < -0.39 is 6.10 Å². The SMILES string of the molecule is CN(C)[C@@H]1CO[C@H](CNC(=O)C2CCCC2)[C@H]1O. The first kappa shape index (κ1) is 13.8. The highest BCUT2D eigenvalue weighted by atomic mass is 16.5. The van der Waals surface area contributed by atoms with Crippen LogP contribution in [0, 0.1) is 5.92 Å². The van der Waals surface area contributed by atoms with Crippen LogP contribution in [0.1, 0.15) is 25.7 Å². The number of ether oxygens (including phenoxy) is 1. The number of aliphatic hydroxyl groups is 1. The van der Waals surface area contributed by atoms with Crippen molar-refractivity contribution < 1.29 is 14.6 Å². The van der Waals surface area contributed by atoms with Crippen LogP contribution in [0.25, 0.3) is 0 Å². The summed E-state index contributed by atoms with van der Waals surface area (Å²) in [5.74, 6) is 0.296. The topological polar surface area (TPSA) is 61.8 Å². The van der Waals surface area contributed by atoms with Gasteiger partial charge in [0.05, 0.1) is 18.8 Å². The smallest absolute Gasteiger partial charge is 0.223 e. The summed E-state index contributed by atoms with van der Waals surface area (Å²) in [6, 6.07) is 0.0263. The third-order valence-corrected chi connectivity index (χ3v) is 4.12. The number of rotatable bonds is 4. The summed E-state index contributed by atoms with van der Waals surface area (Å²) in [6.45, 7) is 0.943. The van der Waals surface area contributed by atoms with Crippen LogP contribution in [0.4, 0.5) is 0 Å². The highest BCUT2D eigenvalue weighted by molar-refractivity contribution is 5.78. The van der Waals surface area contributed by atoms with E-state index in [0.29, 0.717) is 13.2 Å².